The standard InChI is InChI=1S/C20H22BrFN2O3S/c1-14-10-16(21)12-19(11-14)28(26,27)24-8-6-15(7-9-24)20(25)5-4-18-3-2-17(22)13-23-18/h2-3,10-13,15H,4-9H2,1H3. The molecule has 1 fully saturated rings. The van der Waals surface area contributed by atoms with Gasteiger partial charge in [-0.25, -0.2) is 12.8 Å². The van der Waals surface area contributed by atoms with Crippen LogP contribution in [0.2, 0.25) is 0 Å². The van der Waals surface area contributed by atoms with Gasteiger partial charge in [-0.05, 0) is 62.1 Å². The lowest BCUT2D eigenvalue weighted by molar-refractivity contribution is -0.123. The van der Waals surface area contributed by atoms with Crippen LogP contribution in [0.5, 0.6) is 0 Å². The van der Waals surface area contributed by atoms with E-state index in [9.17, 15) is 17.6 Å². The molecule has 1 aliphatic rings. The molecule has 150 valence electrons. The highest BCUT2D eigenvalue weighted by Gasteiger charge is 2.32. The lowest BCUT2D eigenvalue weighted by Crippen LogP contribution is -2.40. The molecule has 0 amide bonds. The van der Waals surface area contributed by atoms with Gasteiger partial charge >= 0.3 is 0 Å². The Hall–Kier alpha value is -1.64. The predicted octanol–water partition coefficient (Wildman–Crippen LogP) is 3.89. The number of pyridine rings is 1. The van der Waals surface area contributed by atoms with Crippen LogP contribution in [-0.4, -0.2) is 36.6 Å². The van der Waals surface area contributed by atoms with Gasteiger partial charge in [0.2, 0.25) is 10.0 Å². The van der Waals surface area contributed by atoms with E-state index >= 15 is 0 Å². The lowest BCUT2D eigenvalue weighted by Gasteiger charge is -2.30. The average molecular weight is 469 g/mol. The normalized spacial score (nSPS) is 16.2. The first-order chi connectivity index (χ1) is 13.3. The number of hydrogen-bond acceptors (Lipinski definition) is 4. The minimum Gasteiger partial charge on any atom is -0.299 e. The van der Waals surface area contributed by atoms with Gasteiger partial charge in [-0.1, -0.05) is 15.9 Å². The molecule has 8 heteroatoms. The third-order valence-electron chi connectivity index (χ3n) is 4.98. The number of Topliss-reactive ketones (excluding diaryl/α,β-unsaturated/α-hetero) is 1. The minimum absolute atomic E-state index is 0.112. The molecule has 0 saturated carbocycles. The van der Waals surface area contributed by atoms with E-state index in [1.54, 1.807) is 18.2 Å². The summed E-state index contributed by atoms with van der Waals surface area (Å²) in [4.78, 5) is 16.7. The van der Waals surface area contributed by atoms with E-state index in [0.29, 0.717) is 44.5 Å². The molecule has 1 aromatic carbocycles. The van der Waals surface area contributed by atoms with Crippen LogP contribution in [0.3, 0.4) is 0 Å². The first-order valence-corrected chi connectivity index (χ1v) is 11.4. The third kappa shape index (κ3) is 5.04. The fourth-order valence-corrected chi connectivity index (χ4v) is 5.79. The molecule has 1 aliphatic heterocycles. The highest BCUT2D eigenvalue weighted by atomic mass is 79.9. The minimum atomic E-state index is -3.57. The first-order valence-electron chi connectivity index (χ1n) is 9.16. The van der Waals surface area contributed by atoms with Gasteiger partial charge in [0.15, 0.2) is 0 Å². The molecule has 0 bridgehead atoms. The molecule has 28 heavy (non-hydrogen) atoms. The Labute approximate surface area is 173 Å². The predicted molar refractivity (Wildman–Crippen MR) is 108 cm³/mol. The SMILES string of the molecule is Cc1cc(Br)cc(S(=O)(=O)N2CCC(C(=O)CCc3ccc(F)cn3)CC2)c1. The topological polar surface area (TPSA) is 67.3 Å². The Morgan fingerprint density at radius 2 is 1.96 bits per heavy atom. The molecule has 0 atom stereocenters. The molecule has 1 aromatic heterocycles. The van der Waals surface area contributed by atoms with Crippen LogP contribution in [0.1, 0.15) is 30.5 Å². The van der Waals surface area contributed by atoms with Crippen LogP contribution >= 0.6 is 15.9 Å². The zero-order valence-electron chi connectivity index (χ0n) is 15.6. The summed E-state index contributed by atoms with van der Waals surface area (Å²) in [5.74, 6) is -0.429. The maximum Gasteiger partial charge on any atom is 0.243 e. The number of benzene rings is 1. The van der Waals surface area contributed by atoms with Gasteiger partial charge in [-0.15, -0.1) is 0 Å². The molecular weight excluding hydrogens is 447 g/mol. The number of rotatable bonds is 6. The van der Waals surface area contributed by atoms with Gasteiger partial charge in [-0.3, -0.25) is 9.78 Å². The van der Waals surface area contributed by atoms with Gasteiger partial charge in [0.05, 0.1) is 11.1 Å². The van der Waals surface area contributed by atoms with Crippen molar-refractivity contribution in [3.63, 3.8) is 0 Å². The van der Waals surface area contributed by atoms with E-state index in [4.69, 9.17) is 0 Å². The number of carbonyl (C=O) groups is 1. The number of aromatic nitrogens is 1. The number of aryl methyl sites for hydroxylation is 2. The maximum absolute atomic E-state index is 12.9. The summed E-state index contributed by atoms with van der Waals surface area (Å²) in [6, 6.07) is 8.04. The van der Waals surface area contributed by atoms with Crippen molar-refractivity contribution in [3.05, 3.63) is 58.1 Å². The van der Waals surface area contributed by atoms with Crippen molar-refractivity contribution in [3.8, 4) is 0 Å². The van der Waals surface area contributed by atoms with Crippen molar-refractivity contribution in [2.75, 3.05) is 13.1 Å². The van der Waals surface area contributed by atoms with Crippen LogP contribution in [0.15, 0.2) is 45.9 Å². The number of ketones is 1. The van der Waals surface area contributed by atoms with E-state index in [2.05, 4.69) is 20.9 Å². The number of halogens is 2. The molecule has 3 rings (SSSR count). The van der Waals surface area contributed by atoms with Gasteiger partial charge in [0, 0.05) is 35.6 Å². The number of nitrogens with zero attached hydrogens (tertiary/aromatic N) is 2. The molecule has 0 aliphatic carbocycles. The smallest absolute Gasteiger partial charge is 0.243 e. The van der Waals surface area contributed by atoms with Crippen molar-refractivity contribution in [1.82, 2.24) is 9.29 Å². The Bertz CT molecular complexity index is 936. The van der Waals surface area contributed by atoms with Crippen molar-refractivity contribution in [1.29, 1.82) is 0 Å². The largest absolute Gasteiger partial charge is 0.299 e. The highest BCUT2D eigenvalue weighted by Crippen LogP contribution is 2.27. The Morgan fingerprint density at radius 1 is 1.25 bits per heavy atom. The fourth-order valence-electron chi connectivity index (χ4n) is 3.43. The lowest BCUT2D eigenvalue weighted by atomic mass is 9.91. The second-order valence-corrected chi connectivity index (χ2v) is 9.93. The fraction of sp³-hybridized carbons (Fsp3) is 0.400. The molecule has 0 unspecified atom stereocenters. The second-order valence-electron chi connectivity index (χ2n) is 7.08. The second kappa shape index (κ2) is 8.80. The molecule has 2 heterocycles. The molecule has 5 nitrogen and oxygen atoms in total. The molecule has 0 spiro atoms. The number of carbonyl (C=O) groups excluding carboxylic acids is 1. The quantitative estimate of drug-likeness (QED) is 0.644. The van der Waals surface area contributed by atoms with Crippen LogP contribution in [0.4, 0.5) is 4.39 Å². The van der Waals surface area contributed by atoms with Crippen molar-refractivity contribution < 1.29 is 17.6 Å². The summed E-state index contributed by atoms with van der Waals surface area (Å²) in [6.45, 7) is 2.52. The van der Waals surface area contributed by atoms with Gasteiger partial charge in [-0.2, -0.15) is 4.31 Å². The monoisotopic (exact) mass is 468 g/mol. The van der Waals surface area contributed by atoms with E-state index < -0.39 is 15.8 Å². The zero-order valence-corrected chi connectivity index (χ0v) is 18.0. The van der Waals surface area contributed by atoms with E-state index in [-0.39, 0.29) is 16.6 Å². The van der Waals surface area contributed by atoms with E-state index in [1.165, 1.54) is 10.4 Å². The number of sulfonamides is 1. The number of piperidine rings is 1. The van der Waals surface area contributed by atoms with Crippen molar-refractivity contribution in [2.45, 2.75) is 37.5 Å². The molecule has 1 saturated heterocycles. The van der Waals surface area contributed by atoms with Crippen LogP contribution in [0.25, 0.3) is 0 Å². The van der Waals surface area contributed by atoms with Crippen molar-refractivity contribution >= 4 is 31.7 Å². The summed E-state index contributed by atoms with van der Waals surface area (Å²) < 4.78 is 40.9. The summed E-state index contributed by atoms with van der Waals surface area (Å²) in [5.41, 5.74) is 1.55. The summed E-state index contributed by atoms with van der Waals surface area (Å²) in [7, 11) is -3.57. The summed E-state index contributed by atoms with van der Waals surface area (Å²) in [5, 5.41) is 0. The zero-order chi connectivity index (χ0) is 20.3. The Morgan fingerprint density at radius 3 is 2.57 bits per heavy atom. The van der Waals surface area contributed by atoms with Gasteiger partial charge in [0.1, 0.15) is 11.6 Å². The van der Waals surface area contributed by atoms with Crippen LogP contribution < -0.4 is 0 Å². The molecule has 0 N–H and O–H groups in total. The Balaban J connectivity index is 1.57. The summed E-state index contributed by atoms with van der Waals surface area (Å²) in [6.07, 6.45) is 2.98. The molecular formula is C20H22BrFN2O3S. The molecule has 2 aromatic rings. The number of hydrogen-bond donors (Lipinski definition) is 0. The van der Waals surface area contributed by atoms with Crippen LogP contribution in [-0.2, 0) is 21.2 Å². The molecule has 0 radical (unpaired) electrons. The summed E-state index contributed by atoms with van der Waals surface area (Å²) >= 11 is 3.34. The van der Waals surface area contributed by atoms with Gasteiger partial charge < -0.3 is 0 Å². The highest BCUT2D eigenvalue weighted by molar-refractivity contribution is 9.10. The van der Waals surface area contributed by atoms with E-state index in [1.807, 2.05) is 13.0 Å². The Kier molecular flexibility index (Phi) is 6.62. The van der Waals surface area contributed by atoms with Crippen molar-refractivity contribution in [2.24, 2.45) is 5.92 Å². The third-order valence-corrected chi connectivity index (χ3v) is 7.31. The van der Waals surface area contributed by atoms with Gasteiger partial charge in [0.25, 0.3) is 0 Å². The maximum atomic E-state index is 12.9. The average Bonchev–Trinajstić information content (AvgIpc) is 2.66. The van der Waals surface area contributed by atoms with Crippen LogP contribution in [0, 0.1) is 18.7 Å². The van der Waals surface area contributed by atoms with E-state index in [0.717, 1.165) is 16.2 Å². The first kappa shape index (κ1) is 21.1.